The van der Waals surface area contributed by atoms with Crippen LogP contribution in [0.4, 0.5) is 5.69 Å². The van der Waals surface area contributed by atoms with Gasteiger partial charge in [0.1, 0.15) is 5.69 Å². The van der Waals surface area contributed by atoms with Crippen LogP contribution >= 0.6 is 0 Å². The lowest BCUT2D eigenvalue weighted by atomic mass is 10.1. The lowest BCUT2D eigenvalue weighted by Gasteiger charge is -2.13. The van der Waals surface area contributed by atoms with Crippen LogP contribution in [-0.4, -0.2) is 15.2 Å². The predicted octanol–water partition coefficient (Wildman–Crippen LogP) is 1.73. The molecule has 0 amide bonds. The molecule has 0 unspecified atom stereocenters. The van der Waals surface area contributed by atoms with Gasteiger partial charge < -0.3 is 5.73 Å². The van der Waals surface area contributed by atoms with Crippen LogP contribution in [0.15, 0.2) is 55.1 Å². The van der Waals surface area contributed by atoms with Crippen LogP contribution in [0.2, 0.25) is 0 Å². The third kappa shape index (κ3) is 2.08. The molecular weight excluding hydrogens is 252 g/mol. The fourth-order valence-electron chi connectivity index (χ4n) is 2.07. The third-order valence-corrected chi connectivity index (χ3v) is 3.04. The van der Waals surface area contributed by atoms with Gasteiger partial charge in [0.2, 0.25) is 0 Å². The maximum absolute atomic E-state index is 5.88. The van der Waals surface area contributed by atoms with Crippen LogP contribution in [0.25, 0.3) is 22.2 Å². The number of benzene rings is 1. The highest BCUT2D eigenvalue weighted by atomic mass is 15.4. The molecule has 0 saturated heterocycles. The van der Waals surface area contributed by atoms with E-state index in [1.807, 2.05) is 30.3 Å². The summed E-state index contributed by atoms with van der Waals surface area (Å²) in [5, 5.41) is 9.83. The Balaban J connectivity index is 2.13. The van der Waals surface area contributed by atoms with Gasteiger partial charge in [-0.25, -0.2) is 5.84 Å². The van der Waals surface area contributed by atoms with Gasteiger partial charge in [-0.05, 0) is 30.3 Å². The Morgan fingerprint density at radius 1 is 1.15 bits per heavy atom. The van der Waals surface area contributed by atoms with Gasteiger partial charge in [0.15, 0.2) is 0 Å². The number of pyridine rings is 1. The minimum atomic E-state index is 0.830. The number of anilines is 1. The van der Waals surface area contributed by atoms with Gasteiger partial charge in [-0.15, -0.1) is 0 Å². The molecule has 0 radical (unpaired) electrons. The summed E-state index contributed by atoms with van der Waals surface area (Å²) in [6, 6.07) is 9.64. The first-order valence-corrected chi connectivity index (χ1v) is 6.10. The SMILES string of the molecule is N/C=C\N(N)c1ccc2[nH]nc(-c3ccncc3)c2c1. The van der Waals surface area contributed by atoms with E-state index in [0.717, 1.165) is 27.8 Å². The number of H-pyrrole nitrogens is 1. The Morgan fingerprint density at radius 2 is 1.95 bits per heavy atom. The van der Waals surface area contributed by atoms with Crippen molar-refractivity contribution in [3.05, 3.63) is 55.1 Å². The molecule has 2 heterocycles. The second-order valence-electron chi connectivity index (χ2n) is 4.29. The van der Waals surface area contributed by atoms with Crippen molar-refractivity contribution < 1.29 is 0 Å². The maximum atomic E-state index is 5.88. The molecule has 100 valence electrons. The molecule has 0 spiro atoms. The van der Waals surface area contributed by atoms with Gasteiger partial charge in [-0.3, -0.25) is 15.1 Å². The summed E-state index contributed by atoms with van der Waals surface area (Å²) in [5.74, 6) is 5.88. The monoisotopic (exact) mass is 266 g/mol. The predicted molar refractivity (Wildman–Crippen MR) is 79.3 cm³/mol. The summed E-state index contributed by atoms with van der Waals surface area (Å²) in [6.45, 7) is 0. The minimum absolute atomic E-state index is 0.830. The van der Waals surface area contributed by atoms with E-state index in [1.54, 1.807) is 18.6 Å². The number of nitrogens with zero attached hydrogens (tertiary/aromatic N) is 3. The highest BCUT2D eigenvalue weighted by molar-refractivity contribution is 5.94. The van der Waals surface area contributed by atoms with Gasteiger partial charge in [-0.1, -0.05) is 0 Å². The number of hydrogen-bond donors (Lipinski definition) is 3. The zero-order chi connectivity index (χ0) is 13.9. The summed E-state index contributed by atoms with van der Waals surface area (Å²) < 4.78 is 0. The highest BCUT2D eigenvalue weighted by Crippen LogP contribution is 2.28. The van der Waals surface area contributed by atoms with Gasteiger partial charge in [0.25, 0.3) is 0 Å². The van der Waals surface area contributed by atoms with Crippen LogP contribution in [0.1, 0.15) is 0 Å². The number of aromatic amines is 1. The molecule has 0 saturated carbocycles. The molecule has 0 aliphatic rings. The first-order valence-electron chi connectivity index (χ1n) is 6.10. The van der Waals surface area contributed by atoms with Gasteiger partial charge in [0.05, 0.1) is 11.2 Å². The Labute approximate surface area is 115 Å². The van der Waals surface area contributed by atoms with E-state index in [1.165, 1.54) is 11.2 Å². The topological polar surface area (TPSA) is 96.8 Å². The standard InChI is InChI=1S/C14H14N6/c15-5-8-20(16)11-1-2-13-12(9-11)14(19-18-13)10-3-6-17-7-4-10/h1-9H,15-16H2,(H,18,19)/b8-5-. The zero-order valence-corrected chi connectivity index (χ0v) is 10.7. The van der Waals surface area contributed by atoms with Gasteiger partial charge >= 0.3 is 0 Å². The van der Waals surface area contributed by atoms with Crippen molar-refractivity contribution in [3.8, 4) is 11.3 Å². The number of rotatable bonds is 3. The van der Waals surface area contributed by atoms with E-state index >= 15 is 0 Å². The molecule has 0 aliphatic carbocycles. The van der Waals surface area contributed by atoms with Crippen molar-refractivity contribution in [1.29, 1.82) is 0 Å². The second-order valence-corrected chi connectivity index (χ2v) is 4.29. The molecule has 0 atom stereocenters. The van der Waals surface area contributed by atoms with E-state index in [9.17, 15) is 0 Å². The lowest BCUT2D eigenvalue weighted by Crippen LogP contribution is -2.24. The number of hydrogen-bond acceptors (Lipinski definition) is 5. The van der Waals surface area contributed by atoms with Crippen molar-refractivity contribution in [2.24, 2.45) is 11.6 Å². The second kappa shape index (κ2) is 5.02. The summed E-state index contributed by atoms with van der Waals surface area (Å²) in [4.78, 5) is 4.02. The Hall–Kier alpha value is -2.86. The van der Waals surface area contributed by atoms with Crippen LogP contribution in [-0.2, 0) is 0 Å². The maximum Gasteiger partial charge on any atom is 0.100 e. The molecular formula is C14H14N6. The van der Waals surface area contributed by atoms with Crippen LogP contribution in [0, 0.1) is 0 Å². The average molecular weight is 266 g/mol. The molecule has 5 N–H and O–H groups in total. The number of hydrazine groups is 1. The molecule has 3 rings (SSSR count). The van der Waals surface area contributed by atoms with E-state index in [0.29, 0.717) is 0 Å². The number of nitrogens with one attached hydrogen (secondary N) is 1. The smallest absolute Gasteiger partial charge is 0.100 e. The molecule has 2 aromatic heterocycles. The molecule has 0 bridgehead atoms. The van der Waals surface area contributed by atoms with Crippen LogP contribution < -0.4 is 16.6 Å². The number of aromatic nitrogens is 3. The van der Waals surface area contributed by atoms with Crippen molar-refractivity contribution in [2.45, 2.75) is 0 Å². The average Bonchev–Trinajstić information content (AvgIpc) is 2.91. The quantitative estimate of drug-likeness (QED) is 0.495. The highest BCUT2D eigenvalue weighted by Gasteiger charge is 2.09. The van der Waals surface area contributed by atoms with E-state index < -0.39 is 0 Å². The van der Waals surface area contributed by atoms with Crippen molar-refractivity contribution in [3.63, 3.8) is 0 Å². The molecule has 0 fully saturated rings. The zero-order valence-electron chi connectivity index (χ0n) is 10.7. The molecule has 3 aromatic rings. The first kappa shape index (κ1) is 12.2. The lowest BCUT2D eigenvalue weighted by molar-refractivity contribution is 1.07. The summed E-state index contributed by atoms with van der Waals surface area (Å²) >= 11 is 0. The Bertz CT molecular complexity index is 747. The van der Waals surface area contributed by atoms with Crippen molar-refractivity contribution >= 4 is 16.6 Å². The van der Waals surface area contributed by atoms with E-state index in [-0.39, 0.29) is 0 Å². The fourth-order valence-corrected chi connectivity index (χ4v) is 2.07. The van der Waals surface area contributed by atoms with Gasteiger partial charge in [-0.2, -0.15) is 5.10 Å². The third-order valence-electron chi connectivity index (χ3n) is 3.04. The molecule has 1 aromatic carbocycles. The number of nitrogens with two attached hydrogens (primary N) is 2. The first-order chi connectivity index (χ1) is 9.79. The normalized spacial score (nSPS) is 11.2. The van der Waals surface area contributed by atoms with Crippen molar-refractivity contribution in [2.75, 3.05) is 5.01 Å². The minimum Gasteiger partial charge on any atom is -0.403 e. The molecule has 0 aliphatic heterocycles. The summed E-state index contributed by atoms with van der Waals surface area (Å²) in [6.07, 6.45) is 6.47. The fraction of sp³-hybridized carbons (Fsp3) is 0. The molecule has 6 nitrogen and oxygen atoms in total. The van der Waals surface area contributed by atoms with Crippen molar-refractivity contribution in [1.82, 2.24) is 15.2 Å². The molecule has 6 heteroatoms. The summed E-state index contributed by atoms with van der Waals surface area (Å²) in [5.41, 5.74) is 9.00. The van der Waals surface area contributed by atoms with E-state index in [2.05, 4.69) is 15.2 Å². The Morgan fingerprint density at radius 3 is 2.70 bits per heavy atom. The summed E-state index contributed by atoms with van der Waals surface area (Å²) in [7, 11) is 0. The van der Waals surface area contributed by atoms with E-state index in [4.69, 9.17) is 11.6 Å². The Kier molecular flexibility index (Phi) is 3.06. The van der Waals surface area contributed by atoms with Crippen LogP contribution in [0.3, 0.4) is 0 Å². The number of fused-ring (bicyclic) bond motifs is 1. The molecule has 20 heavy (non-hydrogen) atoms. The van der Waals surface area contributed by atoms with Gasteiger partial charge in [0, 0.05) is 35.7 Å². The largest absolute Gasteiger partial charge is 0.403 e. The van der Waals surface area contributed by atoms with Crippen LogP contribution in [0.5, 0.6) is 0 Å².